The molecule has 26 heavy (non-hydrogen) atoms. The maximum Gasteiger partial charge on any atom is 0.191 e. The van der Waals surface area contributed by atoms with Gasteiger partial charge in [0.2, 0.25) is 0 Å². The van der Waals surface area contributed by atoms with Crippen molar-refractivity contribution in [1.82, 2.24) is 25.2 Å². The smallest absolute Gasteiger partial charge is 0.191 e. The van der Waals surface area contributed by atoms with Crippen molar-refractivity contribution in [2.75, 3.05) is 32.6 Å². The summed E-state index contributed by atoms with van der Waals surface area (Å²) >= 11 is 1.92. The highest BCUT2D eigenvalue weighted by Crippen LogP contribution is 2.32. The van der Waals surface area contributed by atoms with Crippen LogP contribution in [0.25, 0.3) is 5.65 Å². The molecule has 0 amide bonds. The average molecular weight is 490 g/mol. The van der Waals surface area contributed by atoms with E-state index in [0.29, 0.717) is 6.54 Å². The second-order valence-corrected chi connectivity index (χ2v) is 7.37. The fourth-order valence-electron chi connectivity index (χ4n) is 2.93. The van der Waals surface area contributed by atoms with Crippen LogP contribution in [-0.4, -0.2) is 57.9 Å². The summed E-state index contributed by atoms with van der Waals surface area (Å²) in [6.45, 7) is 5.92. The summed E-state index contributed by atoms with van der Waals surface area (Å²) in [5.41, 5.74) is 0.842. The first-order valence-electron chi connectivity index (χ1n) is 8.70. The Morgan fingerprint density at radius 1 is 1.31 bits per heavy atom. The van der Waals surface area contributed by atoms with Crippen molar-refractivity contribution in [3.05, 3.63) is 30.2 Å². The van der Waals surface area contributed by atoms with Crippen LogP contribution in [0.15, 0.2) is 29.4 Å². The van der Waals surface area contributed by atoms with E-state index in [9.17, 15) is 0 Å². The molecule has 2 aromatic heterocycles. The van der Waals surface area contributed by atoms with Gasteiger partial charge in [-0.2, -0.15) is 11.8 Å². The van der Waals surface area contributed by atoms with E-state index < -0.39 is 0 Å². The van der Waals surface area contributed by atoms with Crippen LogP contribution in [0, 0.1) is 0 Å². The van der Waals surface area contributed by atoms with Crippen LogP contribution < -0.4 is 10.6 Å². The second-order valence-electron chi connectivity index (χ2n) is 6.09. The molecule has 0 bridgehead atoms. The molecule has 1 aliphatic rings. The van der Waals surface area contributed by atoms with Gasteiger partial charge < -0.3 is 15.4 Å². The van der Waals surface area contributed by atoms with E-state index in [1.54, 1.807) is 0 Å². The van der Waals surface area contributed by atoms with Crippen molar-refractivity contribution in [2.45, 2.75) is 31.1 Å². The lowest BCUT2D eigenvalue weighted by atomic mass is 9.99. The predicted octanol–water partition coefficient (Wildman–Crippen LogP) is 2.31. The molecule has 1 saturated heterocycles. The summed E-state index contributed by atoms with van der Waals surface area (Å²) in [5, 5.41) is 15.2. The maximum atomic E-state index is 5.51. The molecule has 2 N–H and O–H groups in total. The third kappa shape index (κ3) is 5.23. The largest absolute Gasteiger partial charge is 0.381 e. The van der Waals surface area contributed by atoms with Gasteiger partial charge in [0.15, 0.2) is 17.4 Å². The van der Waals surface area contributed by atoms with Gasteiger partial charge in [-0.25, -0.2) is 4.99 Å². The van der Waals surface area contributed by atoms with Gasteiger partial charge >= 0.3 is 0 Å². The molecular weight excluding hydrogens is 463 g/mol. The van der Waals surface area contributed by atoms with Crippen molar-refractivity contribution >= 4 is 47.3 Å². The number of aliphatic imine (C=N–C) groups is 1. The maximum absolute atomic E-state index is 5.51. The zero-order valence-electron chi connectivity index (χ0n) is 15.3. The van der Waals surface area contributed by atoms with Gasteiger partial charge in [-0.1, -0.05) is 6.07 Å². The van der Waals surface area contributed by atoms with E-state index in [1.165, 1.54) is 0 Å². The summed E-state index contributed by atoms with van der Waals surface area (Å²) in [4.78, 5) is 4.69. The molecule has 0 spiro atoms. The van der Waals surface area contributed by atoms with E-state index in [0.717, 1.165) is 56.6 Å². The van der Waals surface area contributed by atoms with Crippen molar-refractivity contribution in [1.29, 1.82) is 0 Å². The number of thioether (sulfide) groups is 1. The monoisotopic (exact) mass is 490 g/mol. The molecule has 0 aliphatic carbocycles. The fourth-order valence-corrected chi connectivity index (χ4v) is 3.72. The third-order valence-electron chi connectivity index (χ3n) is 4.52. The van der Waals surface area contributed by atoms with Gasteiger partial charge in [-0.3, -0.25) is 4.40 Å². The van der Waals surface area contributed by atoms with Gasteiger partial charge in [0.05, 0.1) is 0 Å². The van der Waals surface area contributed by atoms with Crippen molar-refractivity contribution in [3.8, 4) is 0 Å². The summed E-state index contributed by atoms with van der Waals surface area (Å²) in [7, 11) is 0. The van der Waals surface area contributed by atoms with Crippen LogP contribution in [0.1, 0.15) is 25.6 Å². The fraction of sp³-hybridized carbons (Fsp3) is 0.588. The highest BCUT2D eigenvalue weighted by molar-refractivity contribution is 14.0. The van der Waals surface area contributed by atoms with Crippen LogP contribution in [0.3, 0.4) is 0 Å². The Balaban J connectivity index is 0.00000243. The number of halogens is 1. The molecule has 1 aliphatic heterocycles. The Morgan fingerprint density at radius 3 is 2.85 bits per heavy atom. The number of nitrogens with one attached hydrogen (secondary N) is 2. The Bertz CT molecular complexity index is 716. The number of hydrogen-bond donors (Lipinski definition) is 2. The molecule has 144 valence electrons. The molecular formula is C17H27IN6OS. The summed E-state index contributed by atoms with van der Waals surface area (Å²) in [6.07, 6.45) is 6.27. The number of hydrogen-bond acceptors (Lipinski definition) is 5. The van der Waals surface area contributed by atoms with Crippen LogP contribution >= 0.6 is 35.7 Å². The first-order chi connectivity index (χ1) is 12.3. The molecule has 0 atom stereocenters. The minimum atomic E-state index is 0. The van der Waals surface area contributed by atoms with Gasteiger partial charge in [0, 0.05) is 37.2 Å². The van der Waals surface area contributed by atoms with Crippen LogP contribution in [-0.2, 0) is 11.3 Å². The molecule has 1 fully saturated rings. The van der Waals surface area contributed by atoms with E-state index in [4.69, 9.17) is 4.74 Å². The van der Waals surface area contributed by atoms with E-state index in [2.05, 4.69) is 39.0 Å². The number of pyridine rings is 1. The number of fused-ring (bicyclic) bond motifs is 1. The molecule has 9 heteroatoms. The molecule has 0 aromatic carbocycles. The Hall–Kier alpha value is -1.07. The highest BCUT2D eigenvalue weighted by atomic mass is 127. The van der Waals surface area contributed by atoms with E-state index in [-0.39, 0.29) is 28.7 Å². The quantitative estimate of drug-likeness (QED) is 0.368. The number of ether oxygens (including phenoxy) is 1. The lowest BCUT2D eigenvalue weighted by molar-refractivity contribution is 0.0783. The third-order valence-corrected chi connectivity index (χ3v) is 5.94. The topological polar surface area (TPSA) is 75.8 Å². The van der Waals surface area contributed by atoms with Gasteiger partial charge in [-0.05, 0) is 38.2 Å². The molecule has 0 saturated carbocycles. The molecule has 3 rings (SSSR count). The van der Waals surface area contributed by atoms with E-state index >= 15 is 0 Å². The highest BCUT2D eigenvalue weighted by Gasteiger charge is 2.31. The number of nitrogens with zero attached hydrogens (tertiary/aromatic N) is 4. The first kappa shape index (κ1) is 21.2. The lowest BCUT2D eigenvalue weighted by Gasteiger charge is -2.36. The normalized spacial score (nSPS) is 16.9. The van der Waals surface area contributed by atoms with Crippen molar-refractivity contribution in [2.24, 2.45) is 4.99 Å². The summed E-state index contributed by atoms with van der Waals surface area (Å²) in [5.74, 6) is 1.65. The zero-order chi connectivity index (χ0) is 17.5. The summed E-state index contributed by atoms with van der Waals surface area (Å²) in [6, 6.07) is 5.87. The average Bonchev–Trinajstić information content (AvgIpc) is 3.08. The number of aromatic nitrogens is 3. The van der Waals surface area contributed by atoms with Gasteiger partial charge in [-0.15, -0.1) is 34.2 Å². The van der Waals surface area contributed by atoms with Gasteiger partial charge in [0.25, 0.3) is 0 Å². The van der Waals surface area contributed by atoms with Crippen molar-refractivity contribution < 1.29 is 4.74 Å². The molecule has 0 radical (unpaired) electrons. The first-order valence-corrected chi connectivity index (χ1v) is 9.92. The zero-order valence-corrected chi connectivity index (χ0v) is 18.4. The lowest BCUT2D eigenvalue weighted by Crippen LogP contribution is -2.47. The van der Waals surface area contributed by atoms with Gasteiger partial charge in [0.1, 0.15) is 6.54 Å². The summed E-state index contributed by atoms with van der Waals surface area (Å²) < 4.78 is 7.70. The SMILES string of the molecule is CCNC(=NCc1nnc2ccccn12)NCC1(SC)CCOCC1.I. The molecule has 3 heterocycles. The molecule has 2 aromatic rings. The Labute approximate surface area is 175 Å². The minimum absolute atomic E-state index is 0. The second kappa shape index (κ2) is 10.3. The minimum Gasteiger partial charge on any atom is -0.381 e. The van der Waals surface area contributed by atoms with Crippen molar-refractivity contribution in [3.63, 3.8) is 0 Å². The van der Waals surface area contributed by atoms with E-state index in [1.807, 2.05) is 40.6 Å². The molecule has 0 unspecified atom stereocenters. The number of rotatable bonds is 6. The molecule has 7 nitrogen and oxygen atoms in total. The Kier molecular flexibility index (Phi) is 8.42. The van der Waals surface area contributed by atoms with Crippen LogP contribution in [0.2, 0.25) is 0 Å². The number of guanidine groups is 1. The Morgan fingerprint density at radius 2 is 2.12 bits per heavy atom. The standard InChI is InChI=1S/C17H26N6OS.HI/c1-3-18-16(20-13-17(25-2)7-10-24-11-8-17)19-12-15-22-21-14-6-4-5-9-23(14)15;/h4-6,9H,3,7-8,10-13H2,1-2H3,(H2,18,19,20);1H. The van der Waals surface area contributed by atoms with Crippen LogP contribution in [0.4, 0.5) is 0 Å². The predicted molar refractivity (Wildman–Crippen MR) is 118 cm³/mol. The van der Waals surface area contributed by atoms with Crippen LogP contribution in [0.5, 0.6) is 0 Å².